The zero-order valence-corrected chi connectivity index (χ0v) is 8.72. The summed E-state index contributed by atoms with van der Waals surface area (Å²) in [4.78, 5) is 21.3. The van der Waals surface area contributed by atoms with Crippen LogP contribution >= 0.6 is 0 Å². The minimum Gasteiger partial charge on any atom is -0.496 e. The van der Waals surface area contributed by atoms with Gasteiger partial charge in [-0.2, -0.15) is 0 Å². The van der Waals surface area contributed by atoms with Gasteiger partial charge >= 0.3 is 5.97 Å². The van der Waals surface area contributed by atoms with Crippen molar-refractivity contribution in [1.29, 1.82) is 0 Å². The van der Waals surface area contributed by atoms with E-state index in [0.717, 1.165) is 12.1 Å². The topological polar surface area (TPSA) is 105 Å². The Morgan fingerprint density at radius 1 is 1.44 bits per heavy atom. The van der Waals surface area contributed by atoms with Crippen molar-refractivity contribution in [3.63, 3.8) is 0 Å². The highest BCUT2D eigenvalue weighted by Crippen LogP contribution is 2.30. The van der Waals surface area contributed by atoms with Crippen molar-refractivity contribution >= 4 is 17.3 Å². The Morgan fingerprint density at radius 2 is 2.06 bits per heavy atom. The highest BCUT2D eigenvalue weighted by Gasteiger charge is 2.21. The van der Waals surface area contributed by atoms with Crippen molar-refractivity contribution in [3.05, 3.63) is 27.8 Å². The second-order valence-corrected chi connectivity index (χ2v) is 2.86. The number of esters is 1. The van der Waals surface area contributed by atoms with Crippen molar-refractivity contribution in [3.8, 4) is 5.75 Å². The minimum absolute atomic E-state index is 0.0125. The van der Waals surface area contributed by atoms with Gasteiger partial charge in [0.15, 0.2) is 0 Å². The molecule has 0 heterocycles. The zero-order chi connectivity index (χ0) is 12.3. The van der Waals surface area contributed by atoms with Gasteiger partial charge in [0.25, 0.3) is 5.69 Å². The van der Waals surface area contributed by atoms with Crippen LogP contribution < -0.4 is 10.5 Å². The number of ether oxygens (including phenoxy) is 2. The average Bonchev–Trinajstić information content (AvgIpc) is 2.26. The molecular formula is C9H10N2O5. The van der Waals surface area contributed by atoms with Crippen LogP contribution in [0.1, 0.15) is 10.4 Å². The lowest BCUT2D eigenvalue weighted by molar-refractivity contribution is -0.384. The second kappa shape index (κ2) is 4.47. The molecule has 0 fully saturated rings. The Hall–Kier alpha value is -2.31. The van der Waals surface area contributed by atoms with Crippen LogP contribution in [-0.2, 0) is 4.74 Å². The number of hydrogen-bond acceptors (Lipinski definition) is 6. The number of non-ortho nitro benzene ring substituents is 1. The fourth-order valence-electron chi connectivity index (χ4n) is 1.21. The van der Waals surface area contributed by atoms with E-state index in [1.165, 1.54) is 14.2 Å². The van der Waals surface area contributed by atoms with E-state index in [2.05, 4.69) is 4.74 Å². The van der Waals surface area contributed by atoms with E-state index in [4.69, 9.17) is 10.5 Å². The largest absolute Gasteiger partial charge is 0.496 e. The van der Waals surface area contributed by atoms with Gasteiger partial charge in [0.2, 0.25) is 0 Å². The molecule has 1 aromatic rings. The Balaban J connectivity index is 3.40. The van der Waals surface area contributed by atoms with Crippen molar-refractivity contribution < 1.29 is 19.2 Å². The molecule has 7 heteroatoms. The third kappa shape index (κ3) is 2.02. The summed E-state index contributed by atoms with van der Waals surface area (Å²) in [6.45, 7) is 0. The summed E-state index contributed by atoms with van der Waals surface area (Å²) in [5.74, 6) is -0.692. The lowest BCUT2D eigenvalue weighted by atomic mass is 10.1. The first kappa shape index (κ1) is 11.8. The number of nitrogens with two attached hydrogens (primary N) is 1. The monoisotopic (exact) mass is 226 g/mol. The molecule has 0 aliphatic heterocycles. The Kier molecular flexibility index (Phi) is 3.29. The molecule has 0 saturated heterocycles. The van der Waals surface area contributed by atoms with Gasteiger partial charge in [0.1, 0.15) is 11.3 Å². The molecule has 7 nitrogen and oxygen atoms in total. The zero-order valence-electron chi connectivity index (χ0n) is 8.72. The first-order valence-corrected chi connectivity index (χ1v) is 4.21. The third-order valence-corrected chi connectivity index (χ3v) is 1.94. The summed E-state index contributed by atoms with van der Waals surface area (Å²) >= 11 is 0. The molecule has 16 heavy (non-hydrogen) atoms. The molecule has 0 atom stereocenters. The van der Waals surface area contributed by atoms with Crippen LogP contribution in [0.3, 0.4) is 0 Å². The maximum Gasteiger partial charge on any atom is 0.343 e. The van der Waals surface area contributed by atoms with Crippen LogP contribution in [-0.4, -0.2) is 25.1 Å². The predicted octanol–water partition coefficient (Wildman–Crippen LogP) is 0.972. The van der Waals surface area contributed by atoms with Crippen LogP contribution in [0.4, 0.5) is 11.4 Å². The van der Waals surface area contributed by atoms with Crippen LogP contribution in [0, 0.1) is 10.1 Å². The maximum atomic E-state index is 11.3. The molecule has 0 unspecified atom stereocenters. The highest BCUT2D eigenvalue weighted by atomic mass is 16.6. The minimum atomic E-state index is -0.704. The summed E-state index contributed by atoms with van der Waals surface area (Å²) in [6, 6.07) is 2.19. The fourth-order valence-corrected chi connectivity index (χ4v) is 1.21. The van der Waals surface area contributed by atoms with Crippen molar-refractivity contribution in [2.24, 2.45) is 0 Å². The first-order chi connectivity index (χ1) is 7.51. The number of carbonyl (C=O) groups excluding carboxylic acids is 1. The van der Waals surface area contributed by atoms with Gasteiger partial charge in [0.05, 0.1) is 30.9 Å². The summed E-state index contributed by atoms with van der Waals surface area (Å²) in [5, 5.41) is 10.6. The van der Waals surface area contributed by atoms with E-state index in [0.29, 0.717) is 0 Å². The van der Waals surface area contributed by atoms with E-state index >= 15 is 0 Å². The fraction of sp³-hybridized carbons (Fsp3) is 0.222. The smallest absolute Gasteiger partial charge is 0.343 e. The number of carbonyl (C=O) groups is 1. The Bertz CT molecular complexity index is 444. The number of anilines is 1. The number of rotatable bonds is 3. The average molecular weight is 226 g/mol. The summed E-state index contributed by atoms with van der Waals surface area (Å²) < 4.78 is 9.35. The molecule has 0 aliphatic carbocycles. The van der Waals surface area contributed by atoms with E-state index in [1.807, 2.05) is 0 Å². The molecule has 1 rings (SSSR count). The van der Waals surface area contributed by atoms with Gasteiger partial charge in [-0.25, -0.2) is 4.79 Å². The number of hydrogen-bond donors (Lipinski definition) is 1. The molecule has 0 aromatic heterocycles. The van der Waals surface area contributed by atoms with Gasteiger partial charge in [-0.05, 0) is 0 Å². The molecule has 0 aliphatic rings. The Morgan fingerprint density at radius 3 is 2.50 bits per heavy atom. The normalized spacial score (nSPS) is 9.62. The number of nitro benzene ring substituents is 1. The number of nitrogen functional groups attached to an aromatic ring is 1. The summed E-state index contributed by atoms with van der Waals surface area (Å²) in [5.41, 5.74) is 5.20. The van der Waals surface area contributed by atoms with Crippen molar-refractivity contribution in [1.82, 2.24) is 0 Å². The molecule has 1 aromatic carbocycles. The molecule has 0 saturated carbocycles. The number of benzene rings is 1. The van der Waals surface area contributed by atoms with Crippen LogP contribution in [0.15, 0.2) is 12.1 Å². The third-order valence-electron chi connectivity index (χ3n) is 1.94. The van der Waals surface area contributed by atoms with Crippen LogP contribution in [0.25, 0.3) is 0 Å². The van der Waals surface area contributed by atoms with Gasteiger partial charge in [0, 0.05) is 6.07 Å². The highest BCUT2D eigenvalue weighted by molar-refractivity contribution is 5.98. The van der Waals surface area contributed by atoms with Crippen molar-refractivity contribution in [2.45, 2.75) is 0 Å². The molecular weight excluding hydrogens is 216 g/mol. The van der Waals surface area contributed by atoms with Crippen LogP contribution in [0.2, 0.25) is 0 Å². The van der Waals surface area contributed by atoms with E-state index in [-0.39, 0.29) is 22.7 Å². The predicted molar refractivity (Wildman–Crippen MR) is 55.4 cm³/mol. The SMILES string of the molecule is COC(=O)c1c(N)cc([N+](=O)[O-])cc1OC. The van der Waals surface area contributed by atoms with Gasteiger partial charge in [-0.3, -0.25) is 10.1 Å². The summed E-state index contributed by atoms with van der Waals surface area (Å²) in [7, 11) is 2.47. The van der Waals surface area contributed by atoms with Gasteiger partial charge < -0.3 is 15.2 Å². The number of nitrogens with zero attached hydrogens (tertiary/aromatic N) is 1. The van der Waals surface area contributed by atoms with E-state index in [1.54, 1.807) is 0 Å². The first-order valence-electron chi connectivity index (χ1n) is 4.21. The molecule has 0 radical (unpaired) electrons. The standard InChI is InChI=1S/C9H10N2O5/c1-15-7-4-5(11(13)14)3-6(10)8(7)9(12)16-2/h3-4H,10H2,1-2H3. The lowest BCUT2D eigenvalue weighted by Crippen LogP contribution is -2.08. The summed E-state index contributed by atoms with van der Waals surface area (Å²) in [6.07, 6.45) is 0. The number of methoxy groups -OCH3 is 2. The molecule has 0 spiro atoms. The second-order valence-electron chi connectivity index (χ2n) is 2.86. The van der Waals surface area contributed by atoms with Gasteiger partial charge in [-0.15, -0.1) is 0 Å². The van der Waals surface area contributed by atoms with E-state index < -0.39 is 10.9 Å². The number of nitro groups is 1. The van der Waals surface area contributed by atoms with Gasteiger partial charge in [-0.1, -0.05) is 0 Å². The maximum absolute atomic E-state index is 11.3. The quantitative estimate of drug-likeness (QED) is 0.356. The molecule has 86 valence electrons. The Labute approximate surface area is 90.9 Å². The lowest BCUT2D eigenvalue weighted by Gasteiger charge is -2.08. The molecule has 0 amide bonds. The van der Waals surface area contributed by atoms with Crippen molar-refractivity contribution in [2.75, 3.05) is 20.0 Å². The van der Waals surface area contributed by atoms with Crippen LogP contribution in [0.5, 0.6) is 5.75 Å². The molecule has 2 N–H and O–H groups in total. The molecule has 0 bridgehead atoms. The van der Waals surface area contributed by atoms with E-state index in [9.17, 15) is 14.9 Å².